The first kappa shape index (κ1) is 9.23. The van der Waals surface area contributed by atoms with E-state index in [1.54, 1.807) is 7.11 Å². The Labute approximate surface area is 73.3 Å². The lowest BCUT2D eigenvalue weighted by molar-refractivity contribution is 0.132. The summed E-state index contributed by atoms with van der Waals surface area (Å²) in [6.07, 6.45) is 2.54. The highest BCUT2D eigenvalue weighted by Crippen LogP contribution is 2.02. The molecule has 0 aromatic heterocycles. The molecule has 12 heavy (non-hydrogen) atoms. The van der Waals surface area contributed by atoms with E-state index >= 15 is 0 Å². The van der Waals surface area contributed by atoms with Crippen molar-refractivity contribution in [2.45, 2.75) is 12.6 Å². The summed E-state index contributed by atoms with van der Waals surface area (Å²) in [4.78, 5) is 0. The first-order valence-corrected chi connectivity index (χ1v) is 3.98. The van der Waals surface area contributed by atoms with Crippen LogP contribution in [0.3, 0.4) is 0 Å². The van der Waals surface area contributed by atoms with E-state index in [-0.39, 0.29) is 6.23 Å². The van der Waals surface area contributed by atoms with Crippen molar-refractivity contribution in [1.82, 2.24) is 0 Å². The molecule has 0 aliphatic rings. The Kier molecular flexibility index (Phi) is 3.77. The van der Waals surface area contributed by atoms with Crippen LogP contribution >= 0.6 is 0 Å². The molecule has 0 aliphatic heterocycles. The van der Waals surface area contributed by atoms with E-state index in [1.165, 1.54) is 5.56 Å². The van der Waals surface area contributed by atoms with Gasteiger partial charge in [-0.1, -0.05) is 30.3 Å². The van der Waals surface area contributed by atoms with Crippen LogP contribution in [0.2, 0.25) is 0 Å². The highest BCUT2D eigenvalue weighted by molar-refractivity contribution is 5.16. The molecule has 1 aromatic rings. The Morgan fingerprint density at radius 3 is 2.67 bits per heavy atom. The quantitative estimate of drug-likeness (QED) is 0.682. The zero-order chi connectivity index (χ0) is 8.81. The van der Waals surface area contributed by atoms with Crippen molar-refractivity contribution in [3.63, 3.8) is 0 Å². The minimum Gasteiger partial charge on any atom is -0.367 e. The Hall–Kier alpha value is -0.860. The molecule has 1 aromatic carbocycles. The second kappa shape index (κ2) is 4.91. The Morgan fingerprint density at radius 1 is 1.42 bits per heavy atom. The van der Waals surface area contributed by atoms with Gasteiger partial charge in [-0.15, -0.1) is 0 Å². The van der Waals surface area contributed by atoms with Crippen LogP contribution in [0.4, 0.5) is 0 Å². The number of ether oxygens (including phenoxy) is 1. The van der Waals surface area contributed by atoms with Gasteiger partial charge in [-0.2, -0.15) is 0 Å². The molecule has 0 unspecified atom stereocenters. The van der Waals surface area contributed by atoms with Crippen LogP contribution in [0.1, 0.15) is 5.56 Å². The topological polar surface area (TPSA) is 35.2 Å². The zero-order valence-corrected chi connectivity index (χ0v) is 7.23. The Bertz CT molecular complexity index is 210. The van der Waals surface area contributed by atoms with Gasteiger partial charge in [0, 0.05) is 13.5 Å². The van der Waals surface area contributed by atoms with Gasteiger partial charge in [0.1, 0.15) is 6.23 Å². The fourth-order valence-electron chi connectivity index (χ4n) is 0.963. The molecular weight excluding hydrogens is 150 g/mol. The predicted molar refractivity (Wildman–Crippen MR) is 49.4 cm³/mol. The second-order valence-electron chi connectivity index (χ2n) is 2.63. The molecule has 2 heteroatoms. The van der Waals surface area contributed by atoms with Gasteiger partial charge in [-0.25, -0.2) is 0 Å². The average molecular weight is 164 g/mol. The molecule has 65 valence electrons. The van der Waals surface area contributed by atoms with Gasteiger partial charge in [-0.05, 0) is 12.0 Å². The van der Waals surface area contributed by atoms with Crippen LogP contribution in [0.5, 0.6) is 0 Å². The highest BCUT2D eigenvalue weighted by atomic mass is 16.5. The number of methoxy groups -OCH3 is 1. The molecule has 0 bridgehead atoms. The molecule has 2 nitrogen and oxygen atoms in total. The van der Waals surface area contributed by atoms with E-state index in [0.29, 0.717) is 0 Å². The van der Waals surface area contributed by atoms with Crippen LogP contribution in [0.15, 0.2) is 30.3 Å². The van der Waals surface area contributed by atoms with E-state index in [1.807, 2.05) is 24.6 Å². The predicted octanol–water partition coefficient (Wildman–Crippen LogP) is 1.36. The Balaban J connectivity index is 2.33. The molecular formula is C10H14NO. The maximum atomic E-state index is 5.54. The summed E-state index contributed by atoms with van der Waals surface area (Å²) in [5.41, 5.74) is 6.80. The fourth-order valence-corrected chi connectivity index (χ4v) is 0.963. The third kappa shape index (κ3) is 3.03. The molecule has 0 aliphatic carbocycles. The largest absolute Gasteiger partial charge is 0.367 e. The number of hydrogen-bond donors (Lipinski definition) is 1. The lowest BCUT2D eigenvalue weighted by atomic mass is 10.1. The molecule has 0 saturated heterocycles. The van der Waals surface area contributed by atoms with Crippen molar-refractivity contribution in [1.29, 1.82) is 0 Å². The third-order valence-corrected chi connectivity index (χ3v) is 1.70. The molecule has 0 amide bonds. The number of nitrogens with two attached hydrogens (primary N) is 1. The fraction of sp³-hybridized carbons (Fsp3) is 0.300. The molecule has 0 saturated carbocycles. The molecule has 0 fully saturated rings. The van der Waals surface area contributed by atoms with Crippen molar-refractivity contribution < 1.29 is 4.74 Å². The van der Waals surface area contributed by atoms with Gasteiger partial charge in [0.05, 0.1) is 0 Å². The summed E-state index contributed by atoms with van der Waals surface area (Å²) < 4.78 is 4.89. The number of hydrogen-bond acceptors (Lipinski definition) is 2. The van der Waals surface area contributed by atoms with Crippen molar-refractivity contribution >= 4 is 0 Å². The molecule has 0 spiro atoms. The third-order valence-electron chi connectivity index (χ3n) is 1.70. The van der Waals surface area contributed by atoms with Crippen molar-refractivity contribution in [3.8, 4) is 0 Å². The lowest BCUT2D eigenvalue weighted by Gasteiger charge is -2.07. The van der Waals surface area contributed by atoms with E-state index < -0.39 is 0 Å². The molecule has 1 rings (SSSR count). The normalized spacial score (nSPS) is 12.8. The highest BCUT2D eigenvalue weighted by Gasteiger charge is 1.99. The average Bonchev–Trinajstić information content (AvgIpc) is 2.16. The lowest BCUT2D eigenvalue weighted by Crippen LogP contribution is -2.23. The van der Waals surface area contributed by atoms with Crippen LogP contribution in [0.25, 0.3) is 0 Å². The summed E-state index contributed by atoms with van der Waals surface area (Å²) in [5.74, 6) is 0. The van der Waals surface area contributed by atoms with Crippen molar-refractivity contribution in [3.05, 3.63) is 42.3 Å². The number of rotatable bonds is 4. The molecule has 1 radical (unpaired) electrons. The summed E-state index contributed by atoms with van der Waals surface area (Å²) in [6.45, 7) is 0. The molecule has 1 atom stereocenters. The number of benzene rings is 1. The van der Waals surface area contributed by atoms with Gasteiger partial charge in [0.15, 0.2) is 0 Å². The van der Waals surface area contributed by atoms with E-state index in [0.717, 1.165) is 6.42 Å². The molecule has 2 N–H and O–H groups in total. The van der Waals surface area contributed by atoms with Crippen molar-refractivity contribution in [2.24, 2.45) is 5.73 Å². The summed E-state index contributed by atoms with van der Waals surface area (Å²) in [6, 6.07) is 10.2. The zero-order valence-electron chi connectivity index (χ0n) is 7.23. The molecule has 0 heterocycles. The standard InChI is InChI=1S/C10H14NO/c1-12-10(11)8-7-9-5-3-2-4-6-9/h2-6,8,10H,7,11H2,1H3/t10-/m0/s1. The van der Waals surface area contributed by atoms with E-state index in [2.05, 4.69) is 12.1 Å². The monoisotopic (exact) mass is 164 g/mol. The summed E-state index contributed by atoms with van der Waals surface area (Å²) in [5, 5.41) is 0. The van der Waals surface area contributed by atoms with Crippen LogP contribution in [0, 0.1) is 6.42 Å². The maximum Gasteiger partial charge on any atom is 0.108 e. The second-order valence-corrected chi connectivity index (χ2v) is 2.63. The maximum absolute atomic E-state index is 5.54. The van der Waals surface area contributed by atoms with Crippen LogP contribution in [-0.2, 0) is 11.2 Å². The van der Waals surface area contributed by atoms with Gasteiger partial charge < -0.3 is 10.5 Å². The van der Waals surface area contributed by atoms with Gasteiger partial charge in [0.25, 0.3) is 0 Å². The first-order chi connectivity index (χ1) is 5.83. The van der Waals surface area contributed by atoms with E-state index in [4.69, 9.17) is 10.5 Å². The van der Waals surface area contributed by atoms with Crippen LogP contribution < -0.4 is 5.73 Å². The van der Waals surface area contributed by atoms with Gasteiger partial charge in [0.2, 0.25) is 0 Å². The van der Waals surface area contributed by atoms with Crippen molar-refractivity contribution in [2.75, 3.05) is 7.11 Å². The summed E-state index contributed by atoms with van der Waals surface area (Å²) in [7, 11) is 1.60. The minimum absolute atomic E-state index is 0.259. The Morgan fingerprint density at radius 2 is 2.08 bits per heavy atom. The first-order valence-electron chi connectivity index (χ1n) is 3.98. The van der Waals surface area contributed by atoms with E-state index in [9.17, 15) is 0 Å². The van der Waals surface area contributed by atoms with Gasteiger partial charge >= 0.3 is 0 Å². The summed E-state index contributed by atoms with van der Waals surface area (Å²) >= 11 is 0. The van der Waals surface area contributed by atoms with Gasteiger partial charge in [-0.3, -0.25) is 0 Å². The smallest absolute Gasteiger partial charge is 0.108 e. The van der Waals surface area contributed by atoms with Crippen LogP contribution in [-0.4, -0.2) is 13.3 Å². The minimum atomic E-state index is -0.259. The SMILES string of the molecule is CO[C@H](N)[CH]Cc1ccccc1.